The van der Waals surface area contributed by atoms with Crippen LogP contribution in [0.15, 0.2) is 18.3 Å². The van der Waals surface area contributed by atoms with Crippen molar-refractivity contribution in [2.45, 2.75) is 37.0 Å². The molecule has 0 radical (unpaired) electrons. The van der Waals surface area contributed by atoms with E-state index in [1.807, 2.05) is 16.7 Å². The Balaban J connectivity index is 1.84. The van der Waals surface area contributed by atoms with Crippen molar-refractivity contribution in [3.05, 3.63) is 24.0 Å². The van der Waals surface area contributed by atoms with Crippen molar-refractivity contribution >= 4 is 17.7 Å². The summed E-state index contributed by atoms with van der Waals surface area (Å²) in [6.45, 7) is 0.765. The van der Waals surface area contributed by atoms with Crippen molar-refractivity contribution in [3.8, 4) is 5.75 Å². The van der Waals surface area contributed by atoms with E-state index in [2.05, 4.69) is 4.98 Å². The number of hydrogen-bond acceptors (Lipinski definition) is 4. The maximum atomic E-state index is 12.6. The number of thioether (sulfide) groups is 1. The van der Waals surface area contributed by atoms with E-state index in [1.54, 1.807) is 12.3 Å². The Morgan fingerprint density at radius 2 is 2.26 bits per heavy atom. The fourth-order valence-corrected chi connectivity index (χ4v) is 4.49. The molecule has 3 rings (SSSR count). The van der Waals surface area contributed by atoms with Gasteiger partial charge in [0.1, 0.15) is 5.75 Å². The van der Waals surface area contributed by atoms with Gasteiger partial charge in [0.2, 0.25) is 0 Å². The van der Waals surface area contributed by atoms with Gasteiger partial charge >= 0.3 is 0 Å². The molecule has 0 aromatic carbocycles. The summed E-state index contributed by atoms with van der Waals surface area (Å²) in [5, 5.41) is 10.4. The fourth-order valence-electron chi connectivity index (χ4n) is 3.05. The average molecular weight is 278 g/mol. The van der Waals surface area contributed by atoms with Crippen LogP contribution in [0.1, 0.15) is 36.2 Å². The second kappa shape index (κ2) is 5.41. The number of carbonyl (C=O) groups excluding carboxylic acids is 1. The molecule has 2 fully saturated rings. The average Bonchev–Trinajstić information content (AvgIpc) is 2.46. The van der Waals surface area contributed by atoms with Crippen molar-refractivity contribution in [3.63, 3.8) is 0 Å². The molecule has 1 saturated carbocycles. The minimum absolute atomic E-state index is 0.0157. The number of aromatic nitrogens is 1. The molecule has 1 aromatic rings. The smallest absolute Gasteiger partial charge is 0.276 e. The zero-order chi connectivity index (χ0) is 13.2. The van der Waals surface area contributed by atoms with Crippen LogP contribution in [0, 0.1) is 0 Å². The summed E-state index contributed by atoms with van der Waals surface area (Å²) in [5.41, 5.74) is 0.193. The standard InChI is InChI=1S/C14H18N2O2S/c17-11-5-3-7-15-13(11)14(18)16-8-9-19-12-6-2-1-4-10(12)16/h3,5,7,10,12,17H,1-2,4,6,8-9H2/t10-,12-/m0/s1. The molecule has 1 N–H and O–H groups in total. The number of hydrogen-bond donors (Lipinski definition) is 1. The Morgan fingerprint density at radius 3 is 3.11 bits per heavy atom. The molecule has 1 amide bonds. The first-order valence-corrected chi connectivity index (χ1v) is 7.89. The van der Waals surface area contributed by atoms with Gasteiger partial charge in [-0.1, -0.05) is 12.8 Å². The number of fused-ring (bicyclic) bond motifs is 1. The lowest BCUT2D eigenvalue weighted by molar-refractivity contribution is 0.0637. The highest BCUT2D eigenvalue weighted by Crippen LogP contribution is 2.36. The Bertz CT molecular complexity index is 478. The van der Waals surface area contributed by atoms with Crippen LogP contribution >= 0.6 is 11.8 Å². The van der Waals surface area contributed by atoms with E-state index in [4.69, 9.17) is 0 Å². The SMILES string of the molecule is O=C(c1ncccc1O)N1CCS[C@H]2CCCC[C@@H]21. The predicted molar refractivity (Wildman–Crippen MR) is 75.4 cm³/mol. The van der Waals surface area contributed by atoms with E-state index in [0.29, 0.717) is 11.3 Å². The van der Waals surface area contributed by atoms with Crippen LogP contribution < -0.4 is 0 Å². The Hall–Kier alpha value is -1.23. The molecule has 1 aliphatic carbocycles. The monoisotopic (exact) mass is 278 g/mol. The number of amides is 1. The molecule has 1 aromatic heterocycles. The van der Waals surface area contributed by atoms with Crippen molar-refractivity contribution in [2.75, 3.05) is 12.3 Å². The first-order chi connectivity index (χ1) is 9.27. The number of nitrogens with zero attached hydrogens (tertiary/aromatic N) is 2. The lowest BCUT2D eigenvalue weighted by Gasteiger charge is -2.43. The quantitative estimate of drug-likeness (QED) is 0.856. The van der Waals surface area contributed by atoms with E-state index in [0.717, 1.165) is 18.7 Å². The molecule has 19 heavy (non-hydrogen) atoms. The van der Waals surface area contributed by atoms with Gasteiger partial charge < -0.3 is 10.0 Å². The van der Waals surface area contributed by atoms with Gasteiger partial charge in [-0.05, 0) is 25.0 Å². The molecule has 5 heteroatoms. The maximum absolute atomic E-state index is 12.6. The van der Waals surface area contributed by atoms with Gasteiger partial charge in [-0.3, -0.25) is 4.79 Å². The number of rotatable bonds is 1. The molecule has 0 bridgehead atoms. The molecule has 4 nitrogen and oxygen atoms in total. The zero-order valence-electron chi connectivity index (χ0n) is 10.8. The highest BCUT2D eigenvalue weighted by atomic mass is 32.2. The molecule has 2 heterocycles. The van der Waals surface area contributed by atoms with Gasteiger partial charge in [0.05, 0.1) is 0 Å². The third kappa shape index (κ3) is 2.43. The number of aromatic hydroxyl groups is 1. The molecule has 2 atom stereocenters. The van der Waals surface area contributed by atoms with Crippen LogP contribution in [0.5, 0.6) is 5.75 Å². The largest absolute Gasteiger partial charge is 0.505 e. The third-order valence-electron chi connectivity index (χ3n) is 3.98. The lowest BCUT2D eigenvalue weighted by Crippen LogP contribution is -2.51. The highest BCUT2D eigenvalue weighted by molar-refractivity contribution is 8.00. The van der Waals surface area contributed by atoms with Gasteiger partial charge in [0.15, 0.2) is 5.69 Å². The molecule has 0 spiro atoms. The molecule has 102 valence electrons. The normalized spacial score (nSPS) is 26.8. The first-order valence-electron chi connectivity index (χ1n) is 6.84. The second-order valence-electron chi connectivity index (χ2n) is 5.13. The van der Waals surface area contributed by atoms with Crippen molar-refractivity contribution < 1.29 is 9.90 Å². The van der Waals surface area contributed by atoms with E-state index in [-0.39, 0.29) is 17.4 Å². The van der Waals surface area contributed by atoms with Gasteiger partial charge in [0, 0.05) is 29.8 Å². The summed E-state index contributed by atoms with van der Waals surface area (Å²) < 4.78 is 0. The van der Waals surface area contributed by atoms with Gasteiger partial charge in [-0.25, -0.2) is 4.98 Å². The molecular formula is C14H18N2O2S. The highest BCUT2D eigenvalue weighted by Gasteiger charge is 2.37. The van der Waals surface area contributed by atoms with Crippen LogP contribution in [0.3, 0.4) is 0 Å². The zero-order valence-corrected chi connectivity index (χ0v) is 11.6. The summed E-state index contributed by atoms with van der Waals surface area (Å²) in [6, 6.07) is 3.49. The minimum atomic E-state index is -0.115. The molecule has 2 aliphatic rings. The Labute approximate surface area is 117 Å². The van der Waals surface area contributed by atoms with E-state index in [9.17, 15) is 9.90 Å². The summed E-state index contributed by atoms with van der Waals surface area (Å²) in [4.78, 5) is 18.5. The van der Waals surface area contributed by atoms with Gasteiger partial charge in [0.25, 0.3) is 5.91 Å². The van der Waals surface area contributed by atoms with E-state index >= 15 is 0 Å². The minimum Gasteiger partial charge on any atom is -0.505 e. The van der Waals surface area contributed by atoms with Crippen LogP contribution in [-0.2, 0) is 0 Å². The van der Waals surface area contributed by atoms with Gasteiger partial charge in [-0.15, -0.1) is 0 Å². The van der Waals surface area contributed by atoms with Crippen LogP contribution in [-0.4, -0.2) is 44.5 Å². The van der Waals surface area contributed by atoms with Gasteiger partial charge in [-0.2, -0.15) is 11.8 Å². The second-order valence-corrected chi connectivity index (χ2v) is 6.48. The predicted octanol–water partition coefficient (Wildman–Crippen LogP) is 2.29. The number of carbonyl (C=O) groups is 1. The lowest BCUT2D eigenvalue weighted by atomic mass is 9.93. The summed E-state index contributed by atoms with van der Waals surface area (Å²) >= 11 is 1.99. The summed E-state index contributed by atoms with van der Waals surface area (Å²) in [5.74, 6) is 0.855. The number of pyridine rings is 1. The Kier molecular flexibility index (Phi) is 3.64. The molecule has 1 saturated heterocycles. The van der Waals surface area contributed by atoms with E-state index < -0.39 is 0 Å². The van der Waals surface area contributed by atoms with Crippen LogP contribution in [0.4, 0.5) is 0 Å². The molecule has 1 aliphatic heterocycles. The van der Waals surface area contributed by atoms with Crippen molar-refractivity contribution in [1.29, 1.82) is 0 Å². The fraction of sp³-hybridized carbons (Fsp3) is 0.571. The van der Waals surface area contributed by atoms with E-state index in [1.165, 1.54) is 25.3 Å². The van der Waals surface area contributed by atoms with Crippen molar-refractivity contribution in [2.24, 2.45) is 0 Å². The molecular weight excluding hydrogens is 260 g/mol. The van der Waals surface area contributed by atoms with Crippen LogP contribution in [0.25, 0.3) is 0 Å². The van der Waals surface area contributed by atoms with Crippen LogP contribution in [0.2, 0.25) is 0 Å². The third-order valence-corrected chi connectivity index (χ3v) is 5.38. The first kappa shape index (κ1) is 12.8. The van der Waals surface area contributed by atoms with Crippen molar-refractivity contribution in [1.82, 2.24) is 9.88 Å². The topological polar surface area (TPSA) is 53.4 Å². The maximum Gasteiger partial charge on any atom is 0.276 e. The Morgan fingerprint density at radius 1 is 1.42 bits per heavy atom. The summed E-state index contributed by atoms with van der Waals surface area (Å²) in [6.07, 6.45) is 6.30. The summed E-state index contributed by atoms with van der Waals surface area (Å²) in [7, 11) is 0. The molecule has 0 unspecified atom stereocenters.